The lowest BCUT2D eigenvalue weighted by molar-refractivity contribution is 0.191. The number of urea groups is 1. The molecule has 0 spiro atoms. The van der Waals surface area contributed by atoms with Gasteiger partial charge in [-0.3, -0.25) is 0 Å². The van der Waals surface area contributed by atoms with Crippen LogP contribution in [0.4, 0.5) is 4.79 Å². The average molecular weight is 342 g/mol. The molecule has 124 valence electrons. The topological polar surface area (TPSA) is 45.2 Å². The van der Waals surface area contributed by atoms with Crippen molar-refractivity contribution in [3.05, 3.63) is 15.6 Å². The van der Waals surface area contributed by atoms with Gasteiger partial charge in [0.2, 0.25) is 0 Å². The summed E-state index contributed by atoms with van der Waals surface area (Å²) in [6.07, 6.45) is 4.38. The van der Waals surface area contributed by atoms with Gasteiger partial charge in [-0.2, -0.15) is 11.8 Å². The molecule has 1 aliphatic carbocycles. The minimum absolute atomic E-state index is 0.0611. The van der Waals surface area contributed by atoms with Crippen molar-refractivity contribution < 1.29 is 4.79 Å². The van der Waals surface area contributed by atoms with Crippen LogP contribution in [0.3, 0.4) is 0 Å². The highest BCUT2D eigenvalue weighted by Gasteiger charge is 2.29. The molecule has 2 atom stereocenters. The fourth-order valence-electron chi connectivity index (χ4n) is 3.04. The fraction of sp³-hybridized carbons (Fsp3) is 0.750. The summed E-state index contributed by atoms with van der Waals surface area (Å²) in [5.74, 6) is 1.17. The molecule has 2 rings (SSSR count). The van der Waals surface area contributed by atoms with Crippen LogP contribution in [0.1, 0.15) is 41.8 Å². The zero-order chi connectivity index (χ0) is 16.1. The quantitative estimate of drug-likeness (QED) is 0.859. The minimum Gasteiger partial charge on any atom is -0.338 e. The van der Waals surface area contributed by atoms with E-state index < -0.39 is 0 Å². The summed E-state index contributed by atoms with van der Waals surface area (Å²) in [5, 5.41) is 4.88. The summed E-state index contributed by atoms with van der Waals surface area (Å²) in [4.78, 5) is 19.9. The summed E-state index contributed by atoms with van der Waals surface area (Å²) in [7, 11) is 1.93. The van der Waals surface area contributed by atoms with Crippen LogP contribution < -0.4 is 5.32 Å². The Morgan fingerprint density at radius 1 is 1.45 bits per heavy atom. The highest BCUT2D eigenvalue weighted by molar-refractivity contribution is 7.99. The molecule has 22 heavy (non-hydrogen) atoms. The standard InChI is InChI=1S/C16H27N3OS2/c1-5-21-14-7-6-13(10-14)19(4)16(20)17-9-8-15-11(2)18-12(3)22-15/h13-14H,5-10H2,1-4H3,(H,17,20)/t13-,14+/m1/s1. The van der Waals surface area contributed by atoms with Crippen molar-refractivity contribution in [3.8, 4) is 0 Å². The number of carbonyl (C=O) groups is 1. The van der Waals surface area contributed by atoms with Crippen molar-refractivity contribution in [2.75, 3.05) is 19.3 Å². The number of aromatic nitrogens is 1. The van der Waals surface area contributed by atoms with Crippen molar-refractivity contribution in [2.24, 2.45) is 0 Å². The van der Waals surface area contributed by atoms with Gasteiger partial charge in [-0.25, -0.2) is 9.78 Å². The number of thiazole rings is 1. The molecule has 0 aromatic carbocycles. The number of hydrogen-bond acceptors (Lipinski definition) is 4. The number of nitrogens with one attached hydrogen (secondary N) is 1. The molecule has 1 saturated carbocycles. The molecule has 1 heterocycles. The molecular weight excluding hydrogens is 314 g/mol. The van der Waals surface area contributed by atoms with Gasteiger partial charge in [0.1, 0.15) is 0 Å². The number of carbonyl (C=O) groups excluding carboxylic acids is 1. The SMILES string of the molecule is CCS[C@H]1CC[C@@H](N(C)C(=O)NCCc2sc(C)nc2C)C1. The number of rotatable bonds is 6. The van der Waals surface area contributed by atoms with Gasteiger partial charge in [0.15, 0.2) is 0 Å². The van der Waals surface area contributed by atoms with Gasteiger partial charge in [0.05, 0.1) is 10.7 Å². The molecule has 1 fully saturated rings. The molecule has 0 bridgehead atoms. The third-order valence-corrected chi connectivity index (χ3v) is 6.62. The van der Waals surface area contributed by atoms with Crippen LogP contribution in [-0.2, 0) is 6.42 Å². The first-order valence-corrected chi connectivity index (χ1v) is 9.93. The van der Waals surface area contributed by atoms with Crippen molar-refractivity contribution >= 4 is 29.1 Å². The Kier molecular flexibility index (Phi) is 6.56. The molecule has 1 N–H and O–H groups in total. The van der Waals surface area contributed by atoms with E-state index in [0.717, 1.165) is 35.2 Å². The molecule has 4 nitrogen and oxygen atoms in total. The van der Waals surface area contributed by atoms with E-state index in [9.17, 15) is 4.79 Å². The highest BCUT2D eigenvalue weighted by Crippen LogP contribution is 2.32. The van der Waals surface area contributed by atoms with Gasteiger partial charge in [0, 0.05) is 36.2 Å². The molecule has 1 aromatic rings. The molecule has 0 unspecified atom stereocenters. The number of amides is 2. The second-order valence-corrected chi connectivity index (χ2v) is 8.74. The maximum Gasteiger partial charge on any atom is 0.317 e. The molecule has 2 amide bonds. The maximum atomic E-state index is 12.3. The van der Waals surface area contributed by atoms with Crippen LogP contribution >= 0.6 is 23.1 Å². The first kappa shape index (κ1) is 17.6. The normalized spacial score (nSPS) is 21.1. The third-order valence-electron chi connectivity index (χ3n) is 4.26. The molecule has 1 aliphatic rings. The van der Waals surface area contributed by atoms with E-state index in [1.807, 2.05) is 37.6 Å². The summed E-state index contributed by atoms with van der Waals surface area (Å²) in [6.45, 7) is 6.96. The minimum atomic E-state index is 0.0611. The molecule has 0 radical (unpaired) electrons. The van der Waals surface area contributed by atoms with E-state index in [1.54, 1.807) is 11.3 Å². The van der Waals surface area contributed by atoms with Crippen LogP contribution in [0.25, 0.3) is 0 Å². The number of hydrogen-bond donors (Lipinski definition) is 1. The smallest absolute Gasteiger partial charge is 0.317 e. The van der Waals surface area contributed by atoms with Crippen molar-refractivity contribution in [3.63, 3.8) is 0 Å². The van der Waals surface area contributed by atoms with Crippen LogP contribution in [0, 0.1) is 13.8 Å². The van der Waals surface area contributed by atoms with Gasteiger partial charge >= 0.3 is 6.03 Å². The summed E-state index contributed by atoms with van der Waals surface area (Å²) >= 11 is 3.75. The largest absolute Gasteiger partial charge is 0.338 e. The van der Waals surface area contributed by atoms with E-state index in [1.165, 1.54) is 17.1 Å². The Morgan fingerprint density at radius 3 is 2.86 bits per heavy atom. The first-order chi connectivity index (χ1) is 10.5. The monoisotopic (exact) mass is 341 g/mol. The Morgan fingerprint density at radius 2 is 2.23 bits per heavy atom. The third kappa shape index (κ3) is 4.62. The lowest BCUT2D eigenvalue weighted by Crippen LogP contribution is -2.43. The van der Waals surface area contributed by atoms with Crippen LogP contribution in [0.5, 0.6) is 0 Å². The first-order valence-electron chi connectivity index (χ1n) is 8.06. The summed E-state index contributed by atoms with van der Waals surface area (Å²) in [5.41, 5.74) is 1.10. The zero-order valence-electron chi connectivity index (χ0n) is 14.0. The van der Waals surface area contributed by atoms with E-state index in [0.29, 0.717) is 12.6 Å². The van der Waals surface area contributed by atoms with E-state index in [2.05, 4.69) is 17.2 Å². The number of aryl methyl sites for hydroxylation is 2. The van der Waals surface area contributed by atoms with E-state index >= 15 is 0 Å². The van der Waals surface area contributed by atoms with Gasteiger partial charge < -0.3 is 10.2 Å². The van der Waals surface area contributed by atoms with Crippen molar-refractivity contribution in [1.29, 1.82) is 0 Å². The average Bonchev–Trinajstić information content (AvgIpc) is 3.05. The Balaban J connectivity index is 1.74. The van der Waals surface area contributed by atoms with Crippen LogP contribution in [0.15, 0.2) is 0 Å². The van der Waals surface area contributed by atoms with E-state index in [4.69, 9.17) is 0 Å². The molecule has 1 aromatic heterocycles. The van der Waals surface area contributed by atoms with Crippen LogP contribution in [0.2, 0.25) is 0 Å². The summed E-state index contributed by atoms with van der Waals surface area (Å²) in [6, 6.07) is 0.461. The molecule has 0 saturated heterocycles. The van der Waals surface area contributed by atoms with Crippen molar-refractivity contribution in [1.82, 2.24) is 15.2 Å². The predicted octanol–water partition coefficient (Wildman–Crippen LogP) is 3.62. The van der Waals surface area contributed by atoms with Gasteiger partial charge in [-0.15, -0.1) is 11.3 Å². The fourth-order valence-corrected chi connectivity index (χ4v) is 5.10. The maximum absolute atomic E-state index is 12.3. The predicted molar refractivity (Wildman–Crippen MR) is 96.0 cm³/mol. The van der Waals surface area contributed by atoms with E-state index in [-0.39, 0.29) is 6.03 Å². The highest BCUT2D eigenvalue weighted by atomic mass is 32.2. The molecule has 6 heteroatoms. The lowest BCUT2D eigenvalue weighted by Gasteiger charge is -2.25. The number of thioether (sulfide) groups is 1. The Labute approximate surface area is 142 Å². The Hall–Kier alpha value is -0.750. The zero-order valence-corrected chi connectivity index (χ0v) is 15.6. The lowest BCUT2D eigenvalue weighted by atomic mass is 10.2. The second-order valence-electron chi connectivity index (χ2n) is 5.88. The van der Waals surface area contributed by atoms with Gasteiger partial charge in [0.25, 0.3) is 0 Å². The van der Waals surface area contributed by atoms with Crippen molar-refractivity contribution in [2.45, 2.75) is 57.7 Å². The van der Waals surface area contributed by atoms with Crippen LogP contribution in [-0.4, -0.2) is 46.6 Å². The molecule has 0 aliphatic heterocycles. The summed E-state index contributed by atoms with van der Waals surface area (Å²) < 4.78 is 0. The molecular formula is C16H27N3OS2. The van der Waals surface area contributed by atoms with Gasteiger partial charge in [-0.05, 0) is 38.9 Å². The second kappa shape index (κ2) is 8.20. The number of nitrogens with zero attached hydrogens (tertiary/aromatic N) is 2. The van der Waals surface area contributed by atoms with Gasteiger partial charge in [-0.1, -0.05) is 6.92 Å². The Bertz CT molecular complexity index is 504.